The standard InChI is InChI=1S/C16H22N4O4S2/c1-10(11-6-8-12(24-5)9-7-11)20-26(22,23)15-19-18-14(25-15)17-13(21)16(2,3)4/h6-10,20H,1-5H3,(H,17,18,21). The van der Waals surface area contributed by atoms with E-state index < -0.39 is 21.5 Å². The lowest BCUT2D eigenvalue weighted by Gasteiger charge is -2.15. The molecule has 8 nitrogen and oxygen atoms in total. The third kappa shape index (κ3) is 4.99. The highest BCUT2D eigenvalue weighted by molar-refractivity contribution is 7.91. The first-order chi connectivity index (χ1) is 12.0. The van der Waals surface area contributed by atoms with E-state index in [1.165, 1.54) is 0 Å². The van der Waals surface area contributed by atoms with Crippen LogP contribution in [-0.4, -0.2) is 31.6 Å². The second kappa shape index (κ2) is 7.68. The van der Waals surface area contributed by atoms with E-state index in [2.05, 4.69) is 20.2 Å². The zero-order valence-corrected chi connectivity index (χ0v) is 16.9. The molecule has 1 aromatic heterocycles. The van der Waals surface area contributed by atoms with Gasteiger partial charge in [0.1, 0.15) is 5.75 Å². The fraction of sp³-hybridized carbons (Fsp3) is 0.438. The molecule has 0 radical (unpaired) electrons. The molecule has 0 fully saturated rings. The maximum Gasteiger partial charge on any atom is 0.270 e. The number of aromatic nitrogens is 2. The number of hydrogen-bond acceptors (Lipinski definition) is 7. The van der Waals surface area contributed by atoms with Crippen molar-refractivity contribution < 1.29 is 17.9 Å². The molecule has 1 atom stereocenters. The number of anilines is 1. The number of rotatable bonds is 6. The first-order valence-electron chi connectivity index (χ1n) is 7.84. The Morgan fingerprint density at radius 3 is 2.35 bits per heavy atom. The average Bonchev–Trinajstić information content (AvgIpc) is 3.03. The molecule has 0 aliphatic rings. The minimum absolute atomic E-state index is 0.141. The Labute approximate surface area is 157 Å². The van der Waals surface area contributed by atoms with E-state index in [1.807, 2.05) is 0 Å². The summed E-state index contributed by atoms with van der Waals surface area (Å²) in [6, 6.07) is 6.60. The maximum absolute atomic E-state index is 12.5. The molecule has 1 heterocycles. The predicted octanol–water partition coefficient (Wildman–Crippen LogP) is 2.57. The number of benzene rings is 1. The normalized spacial score (nSPS) is 13.3. The van der Waals surface area contributed by atoms with E-state index in [0.717, 1.165) is 16.9 Å². The van der Waals surface area contributed by atoms with Gasteiger partial charge in [-0.3, -0.25) is 4.79 Å². The Bertz CT molecular complexity index is 870. The number of amides is 1. The lowest BCUT2D eigenvalue weighted by molar-refractivity contribution is -0.123. The van der Waals surface area contributed by atoms with Gasteiger partial charge in [0.25, 0.3) is 10.0 Å². The average molecular weight is 399 g/mol. The molecule has 26 heavy (non-hydrogen) atoms. The molecule has 10 heteroatoms. The monoisotopic (exact) mass is 398 g/mol. The van der Waals surface area contributed by atoms with Gasteiger partial charge in [0, 0.05) is 11.5 Å². The zero-order chi connectivity index (χ0) is 19.5. The molecule has 0 spiro atoms. The van der Waals surface area contributed by atoms with Gasteiger partial charge in [-0.25, -0.2) is 13.1 Å². The summed E-state index contributed by atoms with van der Waals surface area (Å²) in [6.07, 6.45) is 0. The summed E-state index contributed by atoms with van der Waals surface area (Å²) in [7, 11) is -2.30. The van der Waals surface area contributed by atoms with E-state index in [0.29, 0.717) is 5.75 Å². The summed E-state index contributed by atoms with van der Waals surface area (Å²) in [5.74, 6) is 0.421. The third-order valence-corrected chi connectivity index (χ3v) is 6.23. The summed E-state index contributed by atoms with van der Waals surface area (Å²) < 4.78 is 32.4. The minimum Gasteiger partial charge on any atom is -0.497 e. The molecule has 2 aromatic rings. The largest absolute Gasteiger partial charge is 0.497 e. The molecule has 0 saturated heterocycles. The molecule has 0 saturated carbocycles. The van der Waals surface area contributed by atoms with Gasteiger partial charge in [-0.15, -0.1) is 10.2 Å². The highest BCUT2D eigenvalue weighted by atomic mass is 32.2. The second-order valence-electron chi connectivity index (χ2n) is 6.69. The highest BCUT2D eigenvalue weighted by Gasteiger charge is 2.26. The molecule has 0 aliphatic carbocycles. The van der Waals surface area contributed by atoms with Crippen LogP contribution in [0.3, 0.4) is 0 Å². The van der Waals surface area contributed by atoms with Crippen molar-refractivity contribution in [2.45, 2.75) is 38.1 Å². The summed E-state index contributed by atoms with van der Waals surface area (Å²) in [6.45, 7) is 6.97. The fourth-order valence-electron chi connectivity index (χ4n) is 1.90. The van der Waals surface area contributed by atoms with Crippen LogP contribution in [-0.2, 0) is 14.8 Å². The van der Waals surface area contributed by atoms with Crippen molar-refractivity contribution >= 4 is 32.4 Å². The second-order valence-corrected chi connectivity index (χ2v) is 9.56. The van der Waals surface area contributed by atoms with Crippen LogP contribution in [0.2, 0.25) is 0 Å². The van der Waals surface area contributed by atoms with Gasteiger partial charge in [-0.2, -0.15) is 0 Å². The van der Waals surface area contributed by atoms with Gasteiger partial charge in [-0.1, -0.05) is 44.2 Å². The van der Waals surface area contributed by atoms with Gasteiger partial charge < -0.3 is 10.1 Å². The molecule has 2 rings (SSSR count). The Balaban J connectivity index is 2.11. The van der Waals surface area contributed by atoms with Crippen LogP contribution in [0, 0.1) is 5.41 Å². The summed E-state index contributed by atoms with van der Waals surface area (Å²) in [5.41, 5.74) is 0.159. The number of carbonyl (C=O) groups is 1. The van der Waals surface area contributed by atoms with E-state index in [9.17, 15) is 13.2 Å². The van der Waals surface area contributed by atoms with Crippen LogP contribution < -0.4 is 14.8 Å². The zero-order valence-electron chi connectivity index (χ0n) is 15.2. The van der Waals surface area contributed by atoms with Gasteiger partial charge in [0.05, 0.1) is 7.11 Å². The summed E-state index contributed by atoms with van der Waals surface area (Å²) >= 11 is 0.803. The van der Waals surface area contributed by atoms with Crippen LogP contribution in [0.15, 0.2) is 28.6 Å². The summed E-state index contributed by atoms with van der Waals surface area (Å²) in [5, 5.41) is 10.1. The number of hydrogen-bond donors (Lipinski definition) is 2. The highest BCUT2D eigenvalue weighted by Crippen LogP contribution is 2.25. The van der Waals surface area contributed by atoms with Gasteiger partial charge in [0.15, 0.2) is 0 Å². The lowest BCUT2D eigenvalue weighted by Crippen LogP contribution is -2.27. The summed E-state index contributed by atoms with van der Waals surface area (Å²) in [4.78, 5) is 12.0. The minimum atomic E-state index is -3.86. The molecule has 1 aromatic carbocycles. The van der Waals surface area contributed by atoms with Crippen LogP contribution in [0.4, 0.5) is 5.13 Å². The molecular weight excluding hydrogens is 376 g/mol. The predicted molar refractivity (Wildman–Crippen MR) is 99.7 cm³/mol. The molecule has 0 bridgehead atoms. The molecule has 1 unspecified atom stereocenters. The maximum atomic E-state index is 12.5. The van der Waals surface area contributed by atoms with Gasteiger partial charge in [0.2, 0.25) is 15.4 Å². The van der Waals surface area contributed by atoms with E-state index in [1.54, 1.807) is 59.1 Å². The fourth-order valence-corrected chi connectivity index (χ4v) is 4.04. The van der Waals surface area contributed by atoms with Crippen molar-refractivity contribution in [2.75, 3.05) is 12.4 Å². The van der Waals surface area contributed by atoms with Crippen molar-refractivity contribution in [1.82, 2.24) is 14.9 Å². The van der Waals surface area contributed by atoms with Crippen molar-refractivity contribution in [3.63, 3.8) is 0 Å². The van der Waals surface area contributed by atoms with E-state index >= 15 is 0 Å². The SMILES string of the molecule is COc1ccc(C(C)NS(=O)(=O)c2nnc(NC(=O)C(C)(C)C)s2)cc1. The number of methoxy groups -OCH3 is 1. The van der Waals surface area contributed by atoms with Crippen LogP contribution in [0.25, 0.3) is 0 Å². The Morgan fingerprint density at radius 1 is 1.19 bits per heavy atom. The topological polar surface area (TPSA) is 110 Å². The molecule has 2 N–H and O–H groups in total. The molecule has 142 valence electrons. The van der Waals surface area contributed by atoms with E-state index in [-0.39, 0.29) is 15.4 Å². The van der Waals surface area contributed by atoms with Gasteiger partial charge >= 0.3 is 0 Å². The Morgan fingerprint density at radius 2 is 1.81 bits per heavy atom. The number of nitrogens with zero attached hydrogens (tertiary/aromatic N) is 2. The lowest BCUT2D eigenvalue weighted by atomic mass is 9.96. The number of nitrogens with one attached hydrogen (secondary N) is 2. The third-order valence-electron chi connectivity index (χ3n) is 3.49. The smallest absolute Gasteiger partial charge is 0.270 e. The first-order valence-corrected chi connectivity index (χ1v) is 10.1. The molecular formula is C16H22N4O4S2. The number of sulfonamides is 1. The Kier molecular flexibility index (Phi) is 5.99. The van der Waals surface area contributed by atoms with Crippen LogP contribution in [0.5, 0.6) is 5.75 Å². The Hall–Kier alpha value is -2.04. The van der Waals surface area contributed by atoms with E-state index in [4.69, 9.17) is 4.74 Å². The van der Waals surface area contributed by atoms with Crippen molar-refractivity contribution in [1.29, 1.82) is 0 Å². The van der Waals surface area contributed by atoms with Crippen molar-refractivity contribution in [3.8, 4) is 5.75 Å². The number of carbonyl (C=O) groups excluding carboxylic acids is 1. The van der Waals surface area contributed by atoms with Crippen molar-refractivity contribution in [3.05, 3.63) is 29.8 Å². The first kappa shape index (κ1) is 20.3. The number of ether oxygens (including phenoxy) is 1. The van der Waals surface area contributed by atoms with Crippen LogP contribution in [0.1, 0.15) is 39.3 Å². The quantitative estimate of drug-likeness (QED) is 0.724. The van der Waals surface area contributed by atoms with Crippen molar-refractivity contribution in [2.24, 2.45) is 5.41 Å². The van der Waals surface area contributed by atoms with Gasteiger partial charge in [-0.05, 0) is 24.6 Å². The molecule has 0 aliphatic heterocycles. The van der Waals surface area contributed by atoms with Crippen LogP contribution >= 0.6 is 11.3 Å². The molecule has 1 amide bonds.